The summed E-state index contributed by atoms with van der Waals surface area (Å²) in [5, 5.41) is 17.1. The van der Waals surface area contributed by atoms with Gasteiger partial charge in [-0.05, 0) is 31.0 Å². The fourth-order valence-electron chi connectivity index (χ4n) is 1.05. The number of rotatable bonds is 4. The Morgan fingerprint density at radius 3 is 2.19 bits per heavy atom. The molecule has 0 fully saturated rings. The Morgan fingerprint density at radius 2 is 1.86 bits per heavy atom. The molecule has 1 aromatic carbocycles. The monoisotopic (exact) mass is 297 g/mol. The van der Waals surface area contributed by atoms with Crippen molar-refractivity contribution in [3.63, 3.8) is 0 Å². The molecule has 3 nitrogen and oxygen atoms in total. The molecule has 0 heterocycles. The highest BCUT2D eigenvalue weighted by Gasteiger charge is 1.89. The smallest absolute Gasteiger partial charge is 0.123 e. The average Bonchev–Trinajstić information content (AvgIpc) is 2.50. The minimum Gasteiger partial charge on any atom is -0.392 e. The van der Waals surface area contributed by atoms with Gasteiger partial charge in [0.1, 0.15) is 5.82 Å². The molecule has 0 radical (unpaired) electrons. The van der Waals surface area contributed by atoms with Crippen LogP contribution >= 0.6 is 0 Å². The molecule has 0 saturated carbocycles. The van der Waals surface area contributed by atoms with Crippen LogP contribution in [0.5, 0.6) is 0 Å². The molecule has 0 amide bonds. The van der Waals surface area contributed by atoms with E-state index in [1.165, 1.54) is 18.6 Å². The van der Waals surface area contributed by atoms with Crippen molar-refractivity contribution in [3.05, 3.63) is 47.4 Å². The zero-order chi connectivity index (χ0) is 16.5. The van der Waals surface area contributed by atoms with E-state index in [9.17, 15) is 4.39 Å². The van der Waals surface area contributed by atoms with Gasteiger partial charge in [-0.15, -0.1) is 0 Å². The van der Waals surface area contributed by atoms with Gasteiger partial charge < -0.3 is 10.2 Å². The molecule has 0 saturated heterocycles. The number of aliphatic hydroxyl groups excluding tert-OH is 2. The van der Waals surface area contributed by atoms with E-state index in [0.29, 0.717) is 5.56 Å². The SMILES string of the molecule is C/C=C(/CO)N=CCC.CCC.OCc1cccc(F)c1. The summed E-state index contributed by atoms with van der Waals surface area (Å²) in [5.74, 6) is -0.304. The van der Waals surface area contributed by atoms with Gasteiger partial charge in [-0.3, -0.25) is 4.99 Å². The van der Waals surface area contributed by atoms with Crippen molar-refractivity contribution >= 4 is 6.21 Å². The molecule has 0 spiro atoms. The molecule has 2 N–H and O–H groups in total. The molecule has 0 unspecified atom stereocenters. The van der Waals surface area contributed by atoms with Gasteiger partial charge in [0.25, 0.3) is 0 Å². The van der Waals surface area contributed by atoms with Gasteiger partial charge in [0.05, 0.1) is 18.9 Å². The summed E-state index contributed by atoms with van der Waals surface area (Å²) in [5.41, 5.74) is 1.34. The summed E-state index contributed by atoms with van der Waals surface area (Å²) < 4.78 is 12.2. The van der Waals surface area contributed by atoms with E-state index in [1.54, 1.807) is 24.4 Å². The molecule has 0 aliphatic rings. The van der Waals surface area contributed by atoms with Gasteiger partial charge in [0.2, 0.25) is 0 Å². The lowest BCUT2D eigenvalue weighted by atomic mass is 10.2. The van der Waals surface area contributed by atoms with Crippen LogP contribution < -0.4 is 0 Å². The highest BCUT2D eigenvalue weighted by Crippen LogP contribution is 2.01. The molecule has 0 aliphatic carbocycles. The Morgan fingerprint density at radius 1 is 1.24 bits per heavy atom. The second-order valence-electron chi connectivity index (χ2n) is 4.15. The van der Waals surface area contributed by atoms with E-state index in [2.05, 4.69) is 18.8 Å². The number of halogens is 1. The zero-order valence-corrected chi connectivity index (χ0v) is 13.5. The van der Waals surface area contributed by atoms with Gasteiger partial charge >= 0.3 is 0 Å². The highest BCUT2D eigenvalue weighted by atomic mass is 19.1. The first-order valence-electron chi connectivity index (χ1n) is 7.23. The molecule has 4 heteroatoms. The summed E-state index contributed by atoms with van der Waals surface area (Å²) in [7, 11) is 0. The molecule has 0 aromatic heterocycles. The summed E-state index contributed by atoms with van der Waals surface area (Å²) in [4.78, 5) is 3.97. The minimum atomic E-state index is -0.304. The maximum absolute atomic E-state index is 12.2. The van der Waals surface area contributed by atoms with Crippen LogP contribution in [0.3, 0.4) is 0 Å². The number of allylic oxidation sites excluding steroid dienone is 1. The third-order valence-corrected chi connectivity index (χ3v) is 2.01. The first-order chi connectivity index (χ1) is 10.1. The predicted molar refractivity (Wildman–Crippen MR) is 87.9 cm³/mol. The van der Waals surface area contributed by atoms with Gasteiger partial charge in [0.15, 0.2) is 0 Å². The number of aliphatic hydroxyl groups is 2. The zero-order valence-electron chi connectivity index (χ0n) is 13.5. The number of hydrogen-bond donors (Lipinski definition) is 2. The molecule has 1 aromatic rings. The third-order valence-electron chi connectivity index (χ3n) is 2.01. The van der Waals surface area contributed by atoms with Crippen LogP contribution in [0.1, 0.15) is 46.1 Å². The van der Waals surface area contributed by atoms with E-state index < -0.39 is 0 Å². The average molecular weight is 297 g/mol. The van der Waals surface area contributed by atoms with Crippen LogP contribution in [-0.2, 0) is 6.61 Å². The lowest BCUT2D eigenvalue weighted by molar-refractivity contribution is 0.281. The van der Waals surface area contributed by atoms with E-state index in [4.69, 9.17) is 10.2 Å². The highest BCUT2D eigenvalue weighted by molar-refractivity contribution is 5.58. The number of benzene rings is 1. The van der Waals surface area contributed by atoms with Crippen molar-refractivity contribution in [2.75, 3.05) is 6.61 Å². The van der Waals surface area contributed by atoms with Crippen LogP contribution in [-0.4, -0.2) is 23.0 Å². The van der Waals surface area contributed by atoms with Crippen molar-refractivity contribution in [3.8, 4) is 0 Å². The maximum atomic E-state index is 12.2. The van der Waals surface area contributed by atoms with Gasteiger partial charge in [-0.1, -0.05) is 45.4 Å². The largest absolute Gasteiger partial charge is 0.392 e. The molecule has 120 valence electrons. The summed E-state index contributed by atoms with van der Waals surface area (Å²) in [6.45, 7) is 8.05. The van der Waals surface area contributed by atoms with Crippen LogP contribution in [0.2, 0.25) is 0 Å². The fourth-order valence-corrected chi connectivity index (χ4v) is 1.05. The van der Waals surface area contributed by atoms with Crippen LogP contribution in [0.25, 0.3) is 0 Å². The molecule has 0 bridgehead atoms. The Labute approximate surface area is 127 Å². The molecule has 1 rings (SSSR count). The Bertz CT molecular complexity index is 404. The lowest BCUT2D eigenvalue weighted by Crippen LogP contribution is -1.85. The van der Waals surface area contributed by atoms with E-state index in [-0.39, 0.29) is 19.0 Å². The second kappa shape index (κ2) is 16.5. The number of nitrogens with zero attached hydrogens (tertiary/aromatic N) is 1. The fraction of sp³-hybridized carbons (Fsp3) is 0.471. The summed E-state index contributed by atoms with van der Waals surface area (Å²) >= 11 is 0. The van der Waals surface area contributed by atoms with E-state index >= 15 is 0 Å². The van der Waals surface area contributed by atoms with Crippen LogP contribution in [0.4, 0.5) is 4.39 Å². The molecular formula is C17H28FNO2. The molecular weight excluding hydrogens is 269 g/mol. The van der Waals surface area contributed by atoms with E-state index in [0.717, 1.165) is 12.1 Å². The maximum Gasteiger partial charge on any atom is 0.123 e. The molecule has 0 aliphatic heterocycles. The van der Waals surface area contributed by atoms with Gasteiger partial charge in [-0.2, -0.15) is 0 Å². The predicted octanol–water partition coefficient (Wildman–Crippen LogP) is 4.10. The minimum absolute atomic E-state index is 0.0347. The van der Waals surface area contributed by atoms with Gasteiger partial charge in [-0.25, -0.2) is 4.39 Å². The standard InChI is InChI=1S/C7H7FO.C7H13NO.C3H8/c8-7-3-1-2-6(4-7)5-9;1-3-5-8-7(4-2)6-9;1-3-2/h1-4,9H,5H2;4-5,9H,3,6H2,1-2H3;3H2,1-2H3/b;7-4-,8-5?;. The molecule has 0 atom stereocenters. The second-order valence-corrected chi connectivity index (χ2v) is 4.15. The van der Waals surface area contributed by atoms with Crippen molar-refractivity contribution < 1.29 is 14.6 Å². The Kier molecular flexibility index (Phi) is 17.1. The quantitative estimate of drug-likeness (QED) is 0.822. The molecule has 21 heavy (non-hydrogen) atoms. The van der Waals surface area contributed by atoms with Crippen LogP contribution in [0, 0.1) is 5.82 Å². The number of hydrogen-bond acceptors (Lipinski definition) is 3. The summed E-state index contributed by atoms with van der Waals surface area (Å²) in [6, 6.07) is 5.89. The van der Waals surface area contributed by atoms with E-state index in [1.807, 2.05) is 13.8 Å². The first kappa shape index (κ1) is 21.8. The Hall–Kier alpha value is -1.52. The number of aliphatic imine (C=N–C) groups is 1. The normalized spacial score (nSPS) is 10.5. The van der Waals surface area contributed by atoms with Crippen molar-refractivity contribution in [1.82, 2.24) is 0 Å². The topological polar surface area (TPSA) is 52.8 Å². The summed E-state index contributed by atoms with van der Waals surface area (Å²) in [6.07, 6.45) is 5.75. The van der Waals surface area contributed by atoms with Crippen molar-refractivity contribution in [1.29, 1.82) is 0 Å². The first-order valence-corrected chi connectivity index (χ1v) is 7.23. The lowest BCUT2D eigenvalue weighted by Gasteiger charge is -1.92. The van der Waals surface area contributed by atoms with Crippen LogP contribution in [0.15, 0.2) is 41.0 Å². The third kappa shape index (κ3) is 14.7. The van der Waals surface area contributed by atoms with Crippen molar-refractivity contribution in [2.24, 2.45) is 4.99 Å². The van der Waals surface area contributed by atoms with Crippen molar-refractivity contribution in [2.45, 2.75) is 47.1 Å². The Balaban J connectivity index is 0. The van der Waals surface area contributed by atoms with Gasteiger partial charge in [0, 0.05) is 6.21 Å².